The lowest BCUT2D eigenvalue weighted by Gasteiger charge is -2.32. The molecule has 1 aromatic carbocycles. The lowest BCUT2D eigenvalue weighted by molar-refractivity contribution is -0.153. The van der Waals surface area contributed by atoms with E-state index in [2.05, 4.69) is 5.32 Å². The fourth-order valence-electron chi connectivity index (χ4n) is 3.67. The smallest absolute Gasteiger partial charge is 0.310 e. The number of carboxylic acid groups (broad SMARTS) is 1. The molecule has 0 unspecified atom stereocenters. The van der Waals surface area contributed by atoms with E-state index in [1.807, 2.05) is 0 Å². The second-order valence-corrected chi connectivity index (χ2v) is 9.45. The summed E-state index contributed by atoms with van der Waals surface area (Å²) in [5, 5.41) is 12.4. The minimum Gasteiger partial charge on any atom is -0.481 e. The SMILES string of the molecule is CCN(CC)S(=O)(=O)c1ccc(Cl)c(NC(=O)CC2(C(=O)O)CCCCC2)c1. The van der Waals surface area contributed by atoms with Gasteiger partial charge in [0.25, 0.3) is 0 Å². The van der Waals surface area contributed by atoms with Gasteiger partial charge in [0, 0.05) is 19.5 Å². The third kappa shape index (κ3) is 4.85. The molecule has 0 bridgehead atoms. The zero-order valence-electron chi connectivity index (χ0n) is 16.2. The van der Waals surface area contributed by atoms with Crippen molar-refractivity contribution in [3.8, 4) is 0 Å². The Labute approximate surface area is 171 Å². The van der Waals surface area contributed by atoms with Gasteiger partial charge in [-0.3, -0.25) is 9.59 Å². The van der Waals surface area contributed by atoms with E-state index < -0.39 is 27.3 Å². The zero-order valence-corrected chi connectivity index (χ0v) is 17.8. The van der Waals surface area contributed by atoms with Crippen LogP contribution in [0.25, 0.3) is 0 Å². The summed E-state index contributed by atoms with van der Waals surface area (Å²) in [6.07, 6.45) is 3.27. The van der Waals surface area contributed by atoms with E-state index in [-0.39, 0.29) is 22.0 Å². The maximum absolute atomic E-state index is 12.7. The molecule has 1 fully saturated rings. The third-order valence-corrected chi connectivity index (χ3v) is 7.69. The number of rotatable bonds is 8. The molecule has 0 atom stereocenters. The number of sulfonamides is 1. The number of benzene rings is 1. The van der Waals surface area contributed by atoms with Gasteiger partial charge < -0.3 is 10.4 Å². The summed E-state index contributed by atoms with van der Waals surface area (Å²) in [4.78, 5) is 24.4. The molecular weight excluding hydrogens is 404 g/mol. The van der Waals surface area contributed by atoms with Crippen LogP contribution in [0.2, 0.25) is 5.02 Å². The number of nitrogens with zero attached hydrogens (tertiary/aromatic N) is 1. The quantitative estimate of drug-likeness (QED) is 0.653. The van der Waals surface area contributed by atoms with E-state index in [1.54, 1.807) is 13.8 Å². The Morgan fingerprint density at radius 3 is 2.32 bits per heavy atom. The van der Waals surface area contributed by atoms with Crippen LogP contribution in [0.15, 0.2) is 23.1 Å². The van der Waals surface area contributed by atoms with Crippen molar-refractivity contribution in [1.29, 1.82) is 0 Å². The molecule has 7 nitrogen and oxygen atoms in total. The van der Waals surface area contributed by atoms with Crippen LogP contribution in [-0.4, -0.2) is 42.8 Å². The first-order valence-electron chi connectivity index (χ1n) is 9.49. The molecule has 156 valence electrons. The van der Waals surface area contributed by atoms with Crippen molar-refractivity contribution < 1.29 is 23.1 Å². The van der Waals surface area contributed by atoms with Gasteiger partial charge in [-0.1, -0.05) is 44.7 Å². The van der Waals surface area contributed by atoms with Crippen molar-refractivity contribution in [3.05, 3.63) is 23.2 Å². The van der Waals surface area contributed by atoms with Gasteiger partial charge in [-0.15, -0.1) is 0 Å². The fourth-order valence-corrected chi connectivity index (χ4v) is 5.32. The molecule has 0 aromatic heterocycles. The Bertz CT molecular complexity index is 831. The van der Waals surface area contributed by atoms with E-state index in [9.17, 15) is 23.1 Å². The first kappa shape index (κ1) is 22.6. The molecule has 0 aliphatic heterocycles. The fraction of sp³-hybridized carbons (Fsp3) is 0.579. The number of carboxylic acids is 1. The number of aliphatic carboxylic acids is 1. The topological polar surface area (TPSA) is 104 Å². The molecule has 1 aliphatic carbocycles. The molecule has 2 rings (SSSR count). The Kier molecular flexibility index (Phi) is 7.47. The van der Waals surface area contributed by atoms with Crippen molar-refractivity contribution >= 4 is 39.2 Å². The van der Waals surface area contributed by atoms with Crippen molar-refractivity contribution in [2.45, 2.75) is 57.3 Å². The van der Waals surface area contributed by atoms with Gasteiger partial charge >= 0.3 is 5.97 Å². The van der Waals surface area contributed by atoms with E-state index in [0.29, 0.717) is 25.9 Å². The first-order valence-corrected chi connectivity index (χ1v) is 11.3. The van der Waals surface area contributed by atoms with Gasteiger partial charge in [-0.25, -0.2) is 8.42 Å². The Balaban J connectivity index is 2.24. The number of amides is 1. The molecule has 1 saturated carbocycles. The summed E-state index contributed by atoms with van der Waals surface area (Å²) in [5.41, 5.74) is -0.907. The molecule has 1 aliphatic rings. The first-order chi connectivity index (χ1) is 13.2. The van der Waals surface area contributed by atoms with Crippen LogP contribution in [0.3, 0.4) is 0 Å². The summed E-state index contributed by atoms with van der Waals surface area (Å²) >= 11 is 6.14. The largest absolute Gasteiger partial charge is 0.481 e. The predicted octanol–water partition coefficient (Wildman–Crippen LogP) is 3.73. The van der Waals surface area contributed by atoms with Gasteiger partial charge in [-0.2, -0.15) is 4.31 Å². The molecule has 0 saturated heterocycles. The third-order valence-electron chi connectivity index (χ3n) is 5.32. The summed E-state index contributed by atoms with van der Waals surface area (Å²) in [6, 6.07) is 4.13. The summed E-state index contributed by atoms with van der Waals surface area (Å²) in [7, 11) is -3.70. The van der Waals surface area contributed by atoms with Crippen molar-refractivity contribution in [1.82, 2.24) is 4.31 Å². The molecule has 28 heavy (non-hydrogen) atoms. The highest BCUT2D eigenvalue weighted by atomic mass is 35.5. The van der Waals surface area contributed by atoms with Crippen LogP contribution in [0.1, 0.15) is 52.4 Å². The summed E-state index contributed by atoms with van der Waals surface area (Å²) in [5.74, 6) is -1.45. The maximum atomic E-state index is 12.7. The normalized spacial score (nSPS) is 16.7. The molecule has 0 heterocycles. The van der Waals surface area contributed by atoms with E-state index in [0.717, 1.165) is 19.3 Å². The van der Waals surface area contributed by atoms with Gasteiger partial charge in [0.1, 0.15) is 0 Å². The Morgan fingerprint density at radius 2 is 1.79 bits per heavy atom. The van der Waals surface area contributed by atoms with Crippen LogP contribution in [0.5, 0.6) is 0 Å². The molecule has 1 aromatic rings. The molecule has 1 amide bonds. The number of anilines is 1. The van der Waals surface area contributed by atoms with Crippen LogP contribution < -0.4 is 5.32 Å². The van der Waals surface area contributed by atoms with Crippen LogP contribution in [-0.2, 0) is 19.6 Å². The van der Waals surface area contributed by atoms with E-state index >= 15 is 0 Å². The average molecular weight is 431 g/mol. The molecule has 0 spiro atoms. The number of hydrogen-bond acceptors (Lipinski definition) is 4. The van der Waals surface area contributed by atoms with E-state index in [4.69, 9.17) is 11.6 Å². The van der Waals surface area contributed by atoms with Gasteiger partial charge in [0.2, 0.25) is 15.9 Å². The van der Waals surface area contributed by atoms with Gasteiger partial charge in [0.05, 0.1) is 21.0 Å². The van der Waals surface area contributed by atoms with Crippen molar-refractivity contribution in [3.63, 3.8) is 0 Å². The highest BCUT2D eigenvalue weighted by molar-refractivity contribution is 7.89. The number of hydrogen-bond donors (Lipinski definition) is 2. The number of carbonyl (C=O) groups is 2. The molecular formula is C19H27ClN2O5S. The summed E-state index contributed by atoms with van der Waals surface area (Å²) < 4.78 is 26.7. The van der Waals surface area contributed by atoms with Crippen LogP contribution >= 0.6 is 11.6 Å². The van der Waals surface area contributed by atoms with Crippen LogP contribution in [0.4, 0.5) is 5.69 Å². The van der Waals surface area contributed by atoms with Crippen molar-refractivity contribution in [2.24, 2.45) is 5.41 Å². The maximum Gasteiger partial charge on any atom is 0.310 e. The highest BCUT2D eigenvalue weighted by Crippen LogP contribution is 2.40. The second kappa shape index (κ2) is 9.24. The number of halogens is 1. The minimum atomic E-state index is -3.70. The molecule has 2 N–H and O–H groups in total. The average Bonchev–Trinajstić information content (AvgIpc) is 2.64. The predicted molar refractivity (Wildman–Crippen MR) is 108 cm³/mol. The highest BCUT2D eigenvalue weighted by Gasteiger charge is 2.41. The van der Waals surface area contributed by atoms with Crippen molar-refractivity contribution in [2.75, 3.05) is 18.4 Å². The minimum absolute atomic E-state index is 0.0292. The second-order valence-electron chi connectivity index (χ2n) is 7.10. The lowest BCUT2D eigenvalue weighted by atomic mass is 9.71. The van der Waals surface area contributed by atoms with Crippen LogP contribution in [0, 0.1) is 5.41 Å². The lowest BCUT2D eigenvalue weighted by Crippen LogP contribution is -2.37. The van der Waals surface area contributed by atoms with E-state index in [1.165, 1.54) is 22.5 Å². The van der Waals surface area contributed by atoms with Gasteiger partial charge in [-0.05, 0) is 31.0 Å². The molecule has 9 heteroatoms. The standard InChI is InChI=1S/C19H27ClN2O5S/c1-3-22(4-2)28(26,27)14-8-9-15(20)16(12-14)21-17(23)13-19(18(24)25)10-6-5-7-11-19/h8-9,12H,3-7,10-11,13H2,1-2H3,(H,21,23)(H,24,25). The molecule has 0 radical (unpaired) electrons. The monoisotopic (exact) mass is 430 g/mol. The number of nitrogens with one attached hydrogen (secondary N) is 1. The number of carbonyl (C=O) groups excluding carboxylic acids is 1. The summed E-state index contributed by atoms with van der Waals surface area (Å²) in [6.45, 7) is 4.14. The van der Waals surface area contributed by atoms with Gasteiger partial charge in [0.15, 0.2) is 0 Å². The Hall–Kier alpha value is -1.64. The zero-order chi connectivity index (χ0) is 20.9. The Morgan fingerprint density at radius 1 is 1.18 bits per heavy atom.